The predicted molar refractivity (Wildman–Crippen MR) is 59.9 cm³/mol. The van der Waals surface area contributed by atoms with Gasteiger partial charge in [-0.3, -0.25) is 0 Å². The van der Waals surface area contributed by atoms with Gasteiger partial charge in [0.1, 0.15) is 0 Å². The molecule has 0 aliphatic rings. The summed E-state index contributed by atoms with van der Waals surface area (Å²) >= 11 is 17.2. The fourth-order valence-electron chi connectivity index (χ4n) is 0.978. The lowest BCUT2D eigenvalue weighted by atomic mass is 10.4. The van der Waals surface area contributed by atoms with Gasteiger partial charge in [-0.1, -0.05) is 29.8 Å². The van der Waals surface area contributed by atoms with Crippen molar-refractivity contribution in [3.8, 4) is 0 Å². The van der Waals surface area contributed by atoms with E-state index >= 15 is 0 Å². The van der Waals surface area contributed by atoms with Crippen LogP contribution < -0.4 is 5.32 Å². The van der Waals surface area contributed by atoms with E-state index in [4.69, 9.17) is 34.8 Å². The van der Waals surface area contributed by atoms with E-state index in [1.807, 2.05) is 0 Å². The van der Waals surface area contributed by atoms with Crippen LogP contribution in [-0.2, 0) is 13.6 Å². The molecule has 0 radical (unpaired) electrons. The normalized spacial score (nSPS) is 10.6. The van der Waals surface area contributed by atoms with Crippen LogP contribution in [0.1, 0.15) is 5.69 Å². The summed E-state index contributed by atoms with van der Waals surface area (Å²) in [5.41, 5.74) is 0.828. The smallest absolute Gasteiger partial charge is 0.204 e. The Hall–Kier alpha value is -0.220. The van der Waals surface area contributed by atoms with E-state index < -0.39 is 0 Å². The Balaban J connectivity index is 2.62. The first kappa shape index (κ1) is 11.9. The summed E-state index contributed by atoms with van der Waals surface area (Å²) in [6.07, 6.45) is 0. The molecule has 0 unspecified atom stereocenters. The van der Waals surface area contributed by atoms with Gasteiger partial charge in [0.25, 0.3) is 0 Å². The number of hydrogen-bond donors (Lipinski definition) is 1. The molecule has 1 aromatic heterocycles. The summed E-state index contributed by atoms with van der Waals surface area (Å²) in [6, 6.07) is 0. The van der Waals surface area contributed by atoms with E-state index in [2.05, 4.69) is 16.9 Å². The highest BCUT2D eigenvalue weighted by molar-refractivity contribution is 6.32. The number of rotatable bonds is 4. The average Bonchev–Trinajstić information content (AvgIpc) is 2.31. The van der Waals surface area contributed by atoms with Crippen LogP contribution in [0.3, 0.4) is 0 Å². The topological polar surface area (TPSA) is 29.9 Å². The van der Waals surface area contributed by atoms with Crippen LogP contribution in [0, 0.1) is 0 Å². The van der Waals surface area contributed by atoms with E-state index in [1.165, 1.54) is 0 Å². The maximum absolute atomic E-state index is 5.85. The summed E-state index contributed by atoms with van der Waals surface area (Å²) in [7, 11) is 1.80. The van der Waals surface area contributed by atoms with E-state index in [9.17, 15) is 0 Å². The third kappa shape index (κ3) is 2.89. The Labute approximate surface area is 97.7 Å². The Morgan fingerprint density at radius 2 is 2.21 bits per heavy atom. The number of imidazole rings is 1. The van der Waals surface area contributed by atoms with Crippen LogP contribution in [-0.4, -0.2) is 16.1 Å². The zero-order chi connectivity index (χ0) is 10.7. The van der Waals surface area contributed by atoms with Crippen molar-refractivity contribution in [2.75, 3.05) is 6.54 Å². The second kappa shape index (κ2) is 5.03. The molecule has 1 heterocycles. The predicted octanol–water partition coefficient (Wildman–Crippen LogP) is 2.57. The molecule has 0 fully saturated rings. The number of nitrogens with zero attached hydrogens (tertiary/aromatic N) is 2. The highest BCUT2D eigenvalue weighted by atomic mass is 35.5. The van der Waals surface area contributed by atoms with Gasteiger partial charge in [0, 0.05) is 25.2 Å². The highest BCUT2D eigenvalue weighted by Crippen LogP contribution is 2.18. The molecule has 1 rings (SSSR count). The fraction of sp³-hybridized carbons (Fsp3) is 0.375. The average molecular weight is 255 g/mol. The first-order valence-corrected chi connectivity index (χ1v) is 5.06. The van der Waals surface area contributed by atoms with Gasteiger partial charge >= 0.3 is 0 Å². The van der Waals surface area contributed by atoms with E-state index in [1.54, 1.807) is 11.6 Å². The second-order valence-electron chi connectivity index (χ2n) is 2.80. The van der Waals surface area contributed by atoms with E-state index in [-0.39, 0.29) is 0 Å². The van der Waals surface area contributed by atoms with Crippen molar-refractivity contribution in [3.05, 3.63) is 27.7 Å². The summed E-state index contributed by atoms with van der Waals surface area (Å²) in [5, 5.41) is 4.39. The van der Waals surface area contributed by atoms with Crippen LogP contribution in [0.25, 0.3) is 0 Å². The van der Waals surface area contributed by atoms with Gasteiger partial charge in [-0.2, -0.15) is 0 Å². The van der Waals surface area contributed by atoms with Gasteiger partial charge in [0.2, 0.25) is 5.28 Å². The molecule has 0 aromatic carbocycles. The molecule has 14 heavy (non-hydrogen) atoms. The zero-order valence-corrected chi connectivity index (χ0v) is 9.92. The largest absolute Gasteiger partial charge is 0.319 e. The van der Waals surface area contributed by atoms with Crippen molar-refractivity contribution >= 4 is 34.8 Å². The number of nitrogens with one attached hydrogen (secondary N) is 1. The molecule has 0 saturated carbocycles. The summed E-state index contributed by atoms with van der Waals surface area (Å²) in [5.74, 6) is 0. The van der Waals surface area contributed by atoms with Crippen molar-refractivity contribution in [2.45, 2.75) is 6.54 Å². The van der Waals surface area contributed by atoms with Crippen LogP contribution in [0.5, 0.6) is 0 Å². The lowest BCUT2D eigenvalue weighted by Crippen LogP contribution is -2.16. The van der Waals surface area contributed by atoms with E-state index in [0.29, 0.717) is 28.6 Å². The van der Waals surface area contributed by atoms with Gasteiger partial charge in [-0.25, -0.2) is 4.98 Å². The Morgan fingerprint density at radius 3 is 2.64 bits per heavy atom. The highest BCUT2D eigenvalue weighted by Gasteiger charge is 2.10. The molecule has 0 aliphatic carbocycles. The Kier molecular flexibility index (Phi) is 4.26. The minimum Gasteiger partial charge on any atom is -0.319 e. The molecule has 78 valence electrons. The number of halogens is 3. The maximum Gasteiger partial charge on any atom is 0.204 e. The Bertz CT molecular complexity index is 346. The summed E-state index contributed by atoms with van der Waals surface area (Å²) in [6.45, 7) is 4.64. The van der Waals surface area contributed by atoms with Crippen molar-refractivity contribution in [1.82, 2.24) is 14.9 Å². The minimum absolute atomic E-state index is 0.372. The maximum atomic E-state index is 5.85. The fourth-order valence-corrected chi connectivity index (χ4v) is 1.58. The van der Waals surface area contributed by atoms with Gasteiger partial charge in [-0.05, 0) is 11.6 Å². The first-order chi connectivity index (χ1) is 6.52. The molecule has 0 spiro atoms. The summed E-state index contributed by atoms with van der Waals surface area (Å²) < 4.78 is 1.72. The van der Waals surface area contributed by atoms with Gasteiger partial charge < -0.3 is 9.88 Å². The molecular formula is C8H10Cl3N3. The van der Waals surface area contributed by atoms with Crippen molar-refractivity contribution < 1.29 is 0 Å². The SMILES string of the molecule is C=C(Cl)CNCc1c(Cl)nc(Cl)n1C. The lowest BCUT2D eigenvalue weighted by molar-refractivity contribution is 0.698. The van der Waals surface area contributed by atoms with Crippen molar-refractivity contribution in [1.29, 1.82) is 0 Å². The van der Waals surface area contributed by atoms with Gasteiger partial charge in [0.15, 0.2) is 5.15 Å². The molecule has 1 N–H and O–H groups in total. The standard InChI is InChI=1S/C8H10Cl3N3/c1-5(9)3-12-4-6-7(10)13-8(11)14(6)2/h12H,1,3-4H2,2H3. The number of hydrogen-bond acceptors (Lipinski definition) is 2. The summed E-state index contributed by atoms with van der Waals surface area (Å²) in [4.78, 5) is 3.91. The minimum atomic E-state index is 0.372. The first-order valence-electron chi connectivity index (χ1n) is 3.93. The van der Waals surface area contributed by atoms with Gasteiger partial charge in [-0.15, -0.1) is 0 Å². The molecule has 3 nitrogen and oxygen atoms in total. The van der Waals surface area contributed by atoms with Crippen LogP contribution in [0.2, 0.25) is 10.4 Å². The molecule has 0 bridgehead atoms. The molecule has 0 saturated heterocycles. The molecular weight excluding hydrogens is 244 g/mol. The van der Waals surface area contributed by atoms with E-state index in [0.717, 1.165) is 5.69 Å². The third-order valence-corrected chi connectivity index (χ3v) is 2.49. The van der Waals surface area contributed by atoms with Crippen LogP contribution >= 0.6 is 34.8 Å². The molecule has 1 aromatic rings. The zero-order valence-electron chi connectivity index (χ0n) is 7.65. The monoisotopic (exact) mass is 253 g/mol. The molecule has 0 atom stereocenters. The van der Waals surface area contributed by atoms with Crippen LogP contribution in [0.4, 0.5) is 0 Å². The van der Waals surface area contributed by atoms with Gasteiger partial charge in [0.05, 0.1) is 5.69 Å². The van der Waals surface area contributed by atoms with Crippen LogP contribution in [0.15, 0.2) is 11.6 Å². The quantitative estimate of drug-likeness (QED) is 0.895. The van der Waals surface area contributed by atoms with Crippen molar-refractivity contribution in [3.63, 3.8) is 0 Å². The third-order valence-electron chi connectivity index (χ3n) is 1.72. The molecule has 6 heteroatoms. The van der Waals surface area contributed by atoms with Crippen molar-refractivity contribution in [2.24, 2.45) is 7.05 Å². The molecule has 0 amide bonds. The Morgan fingerprint density at radius 1 is 1.57 bits per heavy atom. The molecule has 0 aliphatic heterocycles. The second-order valence-corrected chi connectivity index (χ2v) is 4.03. The lowest BCUT2D eigenvalue weighted by Gasteiger charge is -2.04. The number of aromatic nitrogens is 2.